The van der Waals surface area contributed by atoms with E-state index in [1.807, 2.05) is 0 Å². The molecule has 1 heterocycles. The second-order valence-corrected chi connectivity index (χ2v) is 9.58. The first-order chi connectivity index (χ1) is 16.4. The molecule has 2 aromatic carbocycles. The summed E-state index contributed by atoms with van der Waals surface area (Å²) >= 11 is 13.9. The summed E-state index contributed by atoms with van der Waals surface area (Å²) in [6.07, 6.45) is 3.14. The fraction of sp³-hybridized carbons (Fsp3) is 0.375. The lowest BCUT2D eigenvalue weighted by molar-refractivity contribution is -0.139. The Morgan fingerprint density at radius 3 is 2.50 bits per heavy atom. The minimum absolute atomic E-state index is 0.0570. The van der Waals surface area contributed by atoms with E-state index in [0.717, 1.165) is 48.8 Å². The van der Waals surface area contributed by atoms with Crippen molar-refractivity contribution in [3.63, 3.8) is 0 Å². The Kier molecular flexibility index (Phi) is 10.4. The number of nitrogens with one attached hydrogen (secondary N) is 2. The van der Waals surface area contributed by atoms with Crippen LogP contribution >= 0.6 is 35.0 Å². The molecule has 0 fully saturated rings. The molecule has 3 rings (SSSR count). The first-order valence-electron chi connectivity index (χ1n) is 11.0. The number of carboxylic acid groups (broad SMARTS) is 1. The smallest absolute Gasteiger partial charge is 0.326 e. The molecule has 1 aliphatic rings. The van der Waals surface area contributed by atoms with Gasteiger partial charge in [0.25, 0.3) is 5.91 Å². The van der Waals surface area contributed by atoms with Crippen LogP contribution in [0.5, 0.6) is 5.75 Å². The number of thioether (sulfide) groups is 1. The Labute approximate surface area is 213 Å². The van der Waals surface area contributed by atoms with Crippen LogP contribution in [0.25, 0.3) is 0 Å². The van der Waals surface area contributed by atoms with Gasteiger partial charge in [-0.2, -0.15) is 0 Å². The minimum atomic E-state index is -1.15. The molecule has 2 aromatic rings. The van der Waals surface area contributed by atoms with Gasteiger partial charge in [0.15, 0.2) is 5.17 Å². The molecule has 0 saturated heterocycles. The molecule has 0 radical (unpaired) electrons. The SMILES string of the molecule is O=C(N[C@@H](Cc1ccc(OCCCCNC2=NCCCS2)cc1)C(=O)O)c1c(Cl)cccc1Cl. The molecule has 10 heteroatoms. The topological polar surface area (TPSA) is 100 Å². The number of amidine groups is 1. The lowest BCUT2D eigenvalue weighted by atomic mass is 10.1. The molecule has 7 nitrogen and oxygen atoms in total. The lowest BCUT2D eigenvalue weighted by Gasteiger charge is -2.16. The number of nitrogens with zero attached hydrogens (tertiary/aromatic N) is 1. The molecule has 0 saturated carbocycles. The Balaban J connectivity index is 1.44. The summed E-state index contributed by atoms with van der Waals surface area (Å²) in [4.78, 5) is 28.7. The van der Waals surface area contributed by atoms with Crippen molar-refractivity contribution in [2.45, 2.75) is 31.7 Å². The first kappa shape index (κ1) is 26.2. The molecule has 0 unspecified atom stereocenters. The highest BCUT2D eigenvalue weighted by atomic mass is 35.5. The quantitative estimate of drug-likeness (QED) is 0.370. The summed E-state index contributed by atoms with van der Waals surface area (Å²) in [5.74, 6) is 0.0533. The Morgan fingerprint density at radius 2 is 1.85 bits per heavy atom. The first-order valence-corrected chi connectivity index (χ1v) is 12.8. The summed E-state index contributed by atoms with van der Waals surface area (Å²) in [5.41, 5.74) is 0.807. The summed E-state index contributed by atoms with van der Waals surface area (Å²) in [5, 5.41) is 16.8. The summed E-state index contributed by atoms with van der Waals surface area (Å²) in [6.45, 7) is 2.37. The van der Waals surface area contributed by atoms with Crippen molar-refractivity contribution >= 4 is 52.0 Å². The molecule has 0 spiro atoms. The Hall–Kier alpha value is -2.42. The van der Waals surface area contributed by atoms with Gasteiger partial charge in [0, 0.05) is 25.3 Å². The molecule has 1 aliphatic heterocycles. The van der Waals surface area contributed by atoms with Crippen molar-refractivity contribution in [2.75, 3.05) is 25.4 Å². The number of amides is 1. The van der Waals surface area contributed by atoms with E-state index in [0.29, 0.717) is 12.4 Å². The van der Waals surface area contributed by atoms with E-state index < -0.39 is 17.9 Å². The van der Waals surface area contributed by atoms with Gasteiger partial charge in [0.05, 0.1) is 22.2 Å². The number of hydrogen-bond donors (Lipinski definition) is 3. The van der Waals surface area contributed by atoms with E-state index >= 15 is 0 Å². The van der Waals surface area contributed by atoms with E-state index in [2.05, 4.69) is 15.6 Å². The maximum Gasteiger partial charge on any atom is 0.326 e. The van der Waals surface area contributed by atoms with Crippen molar-refractivity contribution in [3.8, 4) is 5.75 Å². The van der Waals surface area contributed by atoms with Crippen LogP contribution in [0.15, 0.2) is 47.5 Å². The summed E-state index contributed by atoms with van der Waals surface area (Å²) in [6, 6.07) is 10.7. The molecule has 0 aromatic heterocycles. The van der Waals surface area contributed by atoms with Gasteiger partial charge in [-0.25, -0.2) is 4.79 Å². The maximum atomic E-state index is 12.6. The van der Waals surface area contributed by atoms with E-state index in [9.17, 15) is 14.7 Å². The zero-order chi connectivity index (χ0) is 24.3. The van der Waals surface area contributed by atoms with E-state index in [-0.39, 0.29) is 22.0 Å². The summed E-state index contributed by atoms with van der Waals surface area (Å²) < 4.78 is 5.78. The Morgan fingerprint density at radius 1 is 1.12 bits per heavy atom. The van der Waals surface area contributed by atoms with Gasteiger partial charge in [0.1, 0.15) is 11.8 Å². The van der Waals surface area contributed by atoms with Crippen molar-refractivity contribution in [3.05, 3.63) is 63.6 Å². The van der Waals surface area contributed by atoms with Gasteiger partial charge >= 0.3 is 5.97 Å². The van der Waals surface area contributed by atoms with E-state index in [1.54, 1.807) is 42.1 Å². The van der Waals surface area contributed by atoms with Crippen LogP contribution in [0.2, 0.25) is 10.0 Å². The van der Waals surface area contributed by atoms with Gasteiger partial charge in [0.2, 0.25) is 0 Å². The fourth-order valence-corrected chi connectivity index (χ4v) is 4.70. The van der Waals surface area contributed by atoms with Crippen LogP contribution in [0, 0.1) is 0 Å². The van der Waals surface area contributed by atoms with Crippen LogP contribution in [0.1, 0.15) is 35.2 Å². The minimum Gasteiger partial charge on any atom is -0.494 e. The van der Waals surface area contributed by atoms with E-state index in [4.69, 9.17) is 27.9 Å². The fourth-order valence-electron chi connectivity index (χ4n) is 3.28. The molecule has 0 aliphatic carbocycles. The number of carboxylic acids is 1. The molecule has 3 N–H and O–H groups in total. The molecule has 182 valence electrons. The van der Waals surface area contributed by atoms with Crippen molar-refractivity contribution in [1.82, 2.24) is 10.6 Å². The van der Waals surface area contributed by atoms with Crippen molar-refractivity contribution < 1.29 is 19.4 Å². The molecule has 1 atom stereocenters. The van der Waals surface area contributed by atoms with Gasteiger partial charge in [-0.15, -0.1) is 0 Å². The number of benzene rings is 2. The van der Waals surface area contributed by atoms with Gasteiger partial charge < -0.3 is 20.5 Å². The molecular formula is C24H27Cl2N3O4S. The van der Waals surface area contributed by atoms with Crippen molar-refractivity contribution in [2.24, 2.45) is 4.99 Å². The number of rotatable bonds is 11. The number of aliphatic imine (C=N–C) groups is 1. The third-order valence-electron chi connectivity index (χ3n) is 5.07. The van der Waals surface area contributed by atoms with Gasteiger partial charge in [-0.1, -0.05) is 53.2 Å². The van der Waals surface area contributed by atoms with Crippen LogP contribution in [0.3, 0.4) is 0 Å². The molecule has 1 amide bonds. The third-order valence-corrected chi connectivity index (χ3v) is 6.74. The number of ether oxygens (including phenoxy) is 1. The molecular weight excluding hydrogens is 497 g/mol. The highest BCUT2D eigenvalue weighted by Gasteiger charge is 2.23. The predicted molar refractivity (Wildman–Crippen MR) is 138 cm³/mol. The summed E-state index contributed by atoms with van der Waals surface area (Å²) in [7, 11) is 0. The normalized spacial score (nSPS) is 14.1. The number of aliphatic carboxylic acids is 1. The second-order valence-electron chi connectivity index (χ2n) is 7.68. The molecule has 0 bridgehead atoms. The Bertz CT molecular complexity index is 998. The van der Waals surface area contributed by atoms with Crippen LogP contribution < -0.4 is 15.4 Å². The van der Waals surface area contributed by atoms with Crippen LogP contribution in [-0.4, -0.2) is 53.6 Å². The number of carbonyl (C=O) groups is 2. The monoisotopic (exact) mass is 523 g/mol. The van der Waals surface area contributed by atoms with E-state index in [1.165, 1.54) is 12.1 Å². The number of halogens is 2. The number of carbonyl (C=O) groups excluding carboxylic acids is 1. The number of unbranched alkanes of at least 4 members (excludes halogenated alkanes) is 1. The average Bonchev–Trinajstić information content (AvgIpc) is 2.82. The average molecular weight is 524 g/mol. The zero-order valence-corrected chi connectivity index (χ0v) is 20.9. The van der Waals surface area contributed by atoms with Crippen LogP contribution in [0.4, 0.5) is 0 Å². The third kappa shape index (κ3) is 8.11. The highest BCUT2D eigenvalue weighted by molar-refractivity contribution is 8.13. The largest absolute Gasteiger partial charge is 0.494 e. The van der Waals surface area contributed by atoms with Gasteiger partial charge in [-0.3, -0.25) is 9.79 Å². The van der Waals surface area contributed by atoms with Crippen LogP contribution in [-0.2, 0) is 11.2 Å². The predicted octanol–water partition coefficient (Wildman–Crippen LogP) is 4.66. The zero-order valence-electron chi connectivity index (χ0n) is 18.6. The van der Waals surface area contributed by atoms with Crippen molar-refractivity contribution in [1.29, 1.82) is 0 Å². The number of hydrogen-bond acceptors (Lipinski definition) is 6. The second kappa shape index (κ2) is 13.5. The van der Waals surface area contributed by atoms with Gasteiger partial charge in [-0.05, 0) is 49.1 Å². The highest BCUT2D eigenvalue weighted by Crippen LogP contribution is 2.24. The molecule has 34 heavy (non-hydrogen) atoms. The standard InChI is InChI=1S/C24H27Cl2N3O4S/c25-18-5-3-6-19(26)21(18)22(30)29-20(23(31)32)15-16-7-9-17(10-8-16)33-13-2-1-11-27-24-28-12-4-14-34-24/h3,5-10,20H,1-2,4,11-15H2,(H,27,28)(H,29,30)(H,31,32)/t20-/m0/s1. The lowest BCUT2D eigenvalue weighted by Crippen LogP contribution is -2.42. The maximum absolute atomic E-state index is 12.6.